The van der Waals surface area contributed by atoms with Crippen LogP contribution in [-0.2, 0) is 6.61 Å². The Morgan fingerprint density at radius 2 is 1.70 bits per heavy atom. The summed E-state index contributed by atoms with van der Waals surface area (Å²) in [6, 6.07) is 16.7. The number of rotatable bonds is 4. The third-order valence-electron chi connectivity index (χ3n) is 2.66. The van der Waals surface area contributed by atoms with Crippen LogP contribution >= 0.6 is 11.6 Å². The number of ether oxygens (including phenoxy) is 1. The fourth-order valence-electron chi connectivity index (χ4n) is 1.69. The highest BCUT2D eigenvalue weighted by molar-refractivity contribution is 6.30. The molecule has 5 heteroatoms. The van der Waals surface area contributed by atoms with Gasteiger partial charge in [-0.1, -0.05) is 29.8 Å². The molecule has 1 heterocycles. The van der Waals surface area contributed by atoms with Gasteiger partial charge in [0.25, 0.3) is 5.89 Å². The van der Waals surface area contributed by atoms with Gasteiger partial charge in [0.1, 0.15) is 5.75 Å². The minimum absolute atomic E-state index is 0.224. The van der Waals surface area contributed by atoms with Crippen molar-refractivity contribution in [3.63, 3.8) is 0 Å². The minimum Gasteiger partial charge on any atom is -0.484 e. The maximum atomic E-state index is 5.80. The Hall–Kier alpha value is -2.33. The van der Waals surface area contributed by atoms with Crippen LogP contribution in [0.2, 0.25) is 5.02 Å². The van der Waals surface area contributed by atoms with Gasteiger partial charge in [-0.25, -0.2) is 0 Å². The number of hydrogen-bond acceptors (Lipinski definition) is 4. The Morgan fingerprint density at radius 1 is 0.950 bits per heavy atom. The zero-order chi connectivity index (χ0) is 13.8. The average Bonchev–Trinajstić information content (AvgIpc) is 2.97. The number of aromatic nitrogens is 2. The number of benzene rings is 2. The first-order valence-electron chi connectivity index (χ1n) is 6.07. The zero-order valence-corrected chi connectivity index (χ0v) is 11.2. The maximum Gasteiger partial charge on any atom is 0.254 e. The molecular weight excluding hydrogens is 276 g/mol. The zero-order valence-electron chi connectivity index (χ0n) is 10.5. The van der Waals surface area contributed by atoms with E-state index in [1.165, 1.54) is 0 Å². The molecule has 0 spiro atoms. The maximum absolute atomic E-state index is 5.80. The first-order chi connectivity index (χ1) is 9.81. The van der Waals surface area contributed by atoms with Gasteiger partial charge in [-0.3, -0.25) is 0 Å². The molecule has 0 atom stereocenters. The lowest BCUT2D eigenvalue weighted by Crippen LogP contribution is -1.95. The van der Waals surface area contributed by atoms with Gasteiger partial charge in [0.05, 0.1) is 0 Å². The fourth-order valence-corrected chi connectivity index (χ4v) is 1.81. The van der Waals surface area contributed by atoms with E-state index in [1.807, 2.05) is 30.3 Å². The smallest absolute Gasteiger partial charge is 0.254 e. The van der Waals surface area contributed by atoms with Crippen LogP contribution in [0.5, 0.6) is 5.75 Å². The second-order valence-corrected chi connectivity index (χ2v) is 4.55. The molecule has 100 valence electrons. The second-order valence-electron chi connectivity index (χ2n) is 4.11. The highest BCUT2D eigenvalue weighted by atomic mass is 35.5. The van der Waals surface area contributed by atoms with Crippen molar-refractivity contribution in [1.29, 1.82) is 0 Å². The van der Waals surface area contributed by atoms with E-state index in [9.17, 15) is 0 Å². The summed E-state index contributed by atoms with van der Waals surface area (Å²) in [5.74, 6) is 1.62. The fraction of sp³-hybridized carbons (Fsp3) is 0.0667. The van der Waals surface area contributed by atoms with Crippen LogP contribution in [0.15, 0.2) is 59.0 Å². The molecule has 0 N–H and O–H groups in total. The standard InChI is InChI=1S/C15H11ClN2O2/c16-12-6-8-13(9-7-12)19-10-14-17-18-15(20-14)11-4-2-1-3-5-11/h1-9H,10H2. The molecule has 0 fully saturated rings. The quantitative estimate of drug-likeness (QED) is 0.728. The SMILES string of the molecule is Clc1ccc(OCc2nnc(-c3ccccc3)o2)cc1. The summed E-state index contributed by atoms with van der Waals surface area (Å²) in [4.78, 5) is 0. The predicted octanol–water partition coefficient (Wildman–Crippen LogP) is 3.97. The Kier molecular flexibility index (Phi) is 3.65. The van der Waals surface area contributed by atoms with Crippen molar-refractivity contribution in [2.45, 2.75) is 6.61 Å². The molecule has 3 aromatic rings. The van der Waals surface area contributed by atoms with E-state index < -0.39 is 0 Å². The molecule has 0 aliphatic heterocycles. The highest BCUT2D eigenvalue weighted by Crippen LogP contribution is 2.19. The van der Waals surface area contributed by atoms with Crippen LogP contribution in [0, 0.1) is 0 Å². The molecule has 0 radical (unpaired) electrons. The lowest BCUT2D eigenvalue weighted by atomic mass is 10.2. The van der Waals surface area contributed by atoms with Crippen molar-refractivity contribution in [3.8, 4) is 17.2 Å². The predicted molar refractivity (Wildman–Crippen MR) is 75.5 cm³/mol. The molecule has 0 bridgehead atoms. The molecule has 0 aliphatic carbocycles. The largest absolute Gasteiger partial charge is 0.484 e. The lowest BCUT2D eigenvalue weighted by molar-refractivity contribution is 0.264. The third-order valence-corrected chi connectivity index (χ3v) is 2.92. The Balaban J connectivity index is 1.67. The number of halogens is 1. The van der Waals surface area contributed by atoms with E-state index in [1.54, 1.807) is 24.3 Å². The molecule has 2 aromatic carbocycles. The van der Waals surface area contributed by atoms with Crippen molar-refractivity contribution in [2.24, 2.45) is 0 Å². The summed E-state index contributed by atoms with van der Waals surface area (Å²) in [5, 5.41) is 8.62. The Morgan fingerprint density at radius 3 is 2.45 bits per heavy atom. The van der Waals surface area contributed by atoms with Gasteiger partial charge < -0.3 is 9.15 Å². The summed E-state index contributed by atoms with van der Waals surface area (Å²) in [6.07, 6.45) is 0. The Labute approximate surface area is 121 Å². The molecule has 1 aromatic heterocycles. The molecule has 3 rings (SSSR count). The van der Waals surface area contributed by atoms with Gasteiger partial charge in [0, 0.05) is 10.6 Å². The van der Waals surface area contributed by atoms with E-state index in [0.29, 0.717) is 22.6 Å². The van der Waals surface area contributed by atoms with Gasteiger partial charge in [0.15, 0.2) is 6.61 Å². The van der Waals surface area contributed by atoms with E-state index in [4.69, 9.17) is 20.8 Å². The first-order valence-corrected chi connectivity index (χ1v) is 6.45. The van der Waals surface area contributed by atoms with Crippen LogP contribution in [0.3, 0.4) is 0 Å². The van der Waals surface area contributed by atoms with Gasteiger partial charge in [0.2, 0.25) is 5.89 Å². The van der Waals surface area contributed by atoms with E-state index in [-0.39, 0.29) is 6.61 Å². The van der Waals surface area contributed by atoms with Crippen molar-refractivity contribution < 1.29 is 9.15 Å². The number of hydrogen-bond donors (Lipinski definition) is 0. The van der Waals surface area contributed by atoms with Crippen LogP contribution in [0.4, 0.5) is 0 Å². The van der Waals surface area contributed by atoms with Gasteiger partial charge >= 0.3 is 0 Å². The summed E-state index contributed by atoms with van der Waals surface area (Å²) in [6.45, 7) is 0.224. The minimum atomic E-state index is 0.224. The summed E-state index contributed by atoms with van der Waals surface area (Å²) in [5.41, 5.74) is 0.887. The molecule has 0 saturated heterocycles. The highest BCUT2D eigenvalue weighted by Gasteiger charge is 2.08. The van der Waals surface area contributed by atoms with Gasteiger partial charge in [-0.2, -0.15) is 0 Å². The van der Waals surface area contributed by atoms with Crippen molar-refractivity contribution >= 4 is 11.6 Å². The van der Waals surface area contributed by atoms with E-state index in [0.717, 1.165) is 5.56 Å². The van der Waals surface area contributed by atoms with Crippen molar-refractivity contribution in [2.75, 3.05) is 0 Å². The third kappa shape index (κ3) is 2.97. The van der Waals surface area contributed by atoms with Crippen LogP contribution in [0.25, 0.3) is 11.5 Å². The summed E-state index contributed by atoms with van der Waals surface area (Å²) < 4.78 is 11.1. The van der Waals surface area contributed by atoms with Crippen LogP contribution in [0.1, 0.15) is 5.89 Å². The molecule has 20 heavy (non-hydrogen) atoms. The lowest BCUT2D eigenvalue weighted by Gasteiger charge is -2.02. The first kappa shape index (κ1) is 12.7. The van der Waals surface area contributed by atoms with Crippen molar-refractivity contribution in [3.05, 3.63) is 65.5 Å². The van der Waals surface area contributed by atoms with Crippen LogP contribution in [-0.4, -0.2) is 10.2 Å². The molecule has 0 amide bonds. The molecular formula is C15H11ClN2O2. The Bertz CT molecular complexity index is 681. The summed E-state index contributed by atoms with van der Waals surface area (Å²) >= 11 is 5.80. The molecule has 4 nitrogen and oxygen atoms in total. The normalized spacial score (nSPS) is 10.4. The molecule has 0 saturated carbocycles. The average molecular weight is 287 g/mol. The summed E-state index contributed by atoms with van der Waals surface area (Å²) in [7, 11) is 0. The van der Waals surface area contributed by atoms with Gasteiger partial charge in [-0.15, -0.1) is 10.2 Å². The van der Waals surface area contributed by atoms with Crippen molar-refractivity contribution in [1.82, 2.24) is 10.2 Å². The van der Waals surface area contributed by atoms with Crippen LogP contribution < -0.4 is 4.74 Å². The van der Waals surface area contributed by atoms with Gasteiger partial charge in [-0.05, 0) is 36.4 Å². The monoisotopic (exact) mass is 286 g/mol. The van der Waals surface area contributed by atoms with E-state index >= 15 is 0 Å². The molecule has 0 unspecified atom stereocenters. The number of nitrogens with zero attached hydrogens (tertiary/aromatic N) is 2. The topological polar surface area (TPSA) is 48.2 Å². The second kappa shape index (κ2) is 5.75. The van der Waals surface area contributed by atoms with E-state index in [2.05, 4.69) is 10.2 Å². The molecule has 0 aliphatic rings.